The van der Waals surface area contributed by atoms with Gasteiger partial charge in [0.2, 0.25) is 0 Å². The van der Waals surface area contributed by atoms with Crippen molar-refractivity contribution < 1.29 is 5.11 Å². The Balaban J connectivity index is 1.70. The van der Waals surface area contributed by atoms with Gasteiger partial charge in [-0.2, -0.15) is 5.10 Å². The van der Waals surface area contributed by atoms with E-state index in [4.69, 9.17) is 0 Å². The number of aryl methyl sites for hydroxylation is 2. The third kappa shape index (κ3) is 3.70. The molecule has 6 nitrogen and oxygen atoms in total. The van der Waals surface area contributed by atoms with E-state index in [1.807, 2.05) is 24.0 Å². The molecule has 0 aliphatic carbocycles. The number of aromatic nitrogens is 3. The minimum Gasteiger partial charge on any atom is -0.396 e. The third-order valence-electron chi connectivity index (χ3n) is 4.75. The molecule has 2 N–H and O–H groups in total. The van der Waals surface area contributed by atoms with Crippen LogP contribution in [0.4, 0.5) is 11.5 Å². The van der Waals surface area contributed by atoms with Gasteiger partial charge in [-0.25, -0.2) is 4.98 Å². The highest BCUT2D eigenvalue weighted by molar-refractivity contribution is 5.65. The van der Waals surface area contributed by atoms with Crippen molar-refractivity contribution in [2.24, 2.45) is 13.0 Å². The molecule has 0 amide bonds. The van der Waals surface area contributed by atoms with Gasteiger partial charge in [0, 0.05) is 51.2 Å². The first-order valence-electron chi connectivity index (χ1n) is 8.77. The summed E-state index contributed by atoms with van der Waals surface area (Å²) in [5.74, 6) is 1.44. The van der Waals surface area contributed by atoms with Gasteiger partial charge in [-0.3, -0.25) is 4.68 Å². The molecule has 2 aromatic rings. The molecule has 3 heterocycles. The van der Waals surface area contributed by atoms with Crippen LogP contribution < -0.4 is 10.2 Å². The number of nitrogens with one attached hydrogen (secondary N) is 1. The normalized spacial score (nSPS) is 15.7. The second-order valence-corrected chi connectivity index (χ2v) is 6.47. The number of piperidine rings is 1. The molecule has 6 heteroatoms. The lowest BCUT2D eigenvalue weighted by atomic mass is 9.98. The van der Waals surface area contributed by atoms with E-state index >= 15 is 0 Å². The van der Waals surface area contributed by atoms with Gasteiger partial charge in [0.05, 0.1) is 11.4 Å². The standard InChI is InChI=1S/C18H27N5O/c1-3-16-15(12-22(2)21-16)11-20-17-5-4-8-19-18(17)23-9-6-14(13-24)7-10-23/h4-5,8,12,14,20,24H,3,6-7,9-11,13H2,1-2H3. The molecule has 0 aromatic carbocycles. The second kappa shape index (κ2) is 7.66. The molecule has 1 fully saturated rings. The molecular formula is C18H27N5O. The number of nitrogens with zero attached hydrogens (tertiary/aromatic N) is 4. The minimum absolute atomic E-state index is 0.294. The number of anilines is 2. The minimum atomic E-state index is 0.294. The Morgan fingerprint density at radius 3 is 2.83 bits per heavy atom. The molecule has 1 aliphatic heterocycles. The van der Waals surface area contributed by atoms with Gasteiger partial charge in [-0.05, 0) is 37.3 Å². The summed E-state index contributed by atoms with van der Waals surface area (Å²) in [6.45, 7) is 5.07. The summed E-state index contributed by atoms with van der Waals surface area (Å²) in [6, 6.07) is 4.05. The van der Waals surface area contributed by atoms with E-state index in [1.165, 1.54) is 5.56 Å². The van der Waals surface area contributed by atoms with Crippen LogP contribution in [0.25, 0.3) is 0 Å². The predicted octanol–water partition coefficient (Wildman–Crippen LogP) is 2.20. The molecule has 0 saturated carbocycles. The summed E-state index contributed by atoms with van der Waals surface area (Å²) >= 11 is 0. The Kier molecular flexibility index (Phi) is 5.35. The van der Waals surface area contributed by atoms with Gasteiger partial charge in [0.25, 0.3) is 0 Å². The van der Waals surface area contributed by atoms with Crippen molar-refractivity contribution in [2.45, 2.75) is 32.7 Å². The molecule has 1 aliphatic rings. The summed E-state index contributed by atoms with van der Waals surface area (Å²) in [5.41, 5.74) is 3.43. The van der Waals surface area contributed by atoms with Crippen molar-refractivity contribution >= 4 is 11.5 Å². The zero-order valence-corrected chi connectivity index (χ0v) is 14.6. The van der Waals surface area contributed by atoms with E-state index < -0.39 is 0 Å². The molecule has 0 bridgehead atoms. The topological polar surface area (TPSA) is 66.2 Å². The Bertz CT molecular complexity index is 661. The Morgan fingerprint density at radius 1 is 1.33 bits per heavy atom. The van der Waals surface area contributed by atoms with E-state index in [0.29, 0.717) is 12.5 Å². The van der Waals surface area contributed by atoms with Crippen LogP contribution in [0.5, 0.6) is 0 Å². The van der Waals surface area contributed by atoms with Crippen molar-refractivity contribution in [3.05, 3.63) is 35.8 Å². The van der Waals surface area contributed by atoms with Crippen molar-refractivity contribution in [1.29, 1.82) is 0 Å². The molecule has 3 rings (SSSR count). The SMILES string of the molecule is CCc1nn(C)cc1CNc1cccnc1N1CCC(CO)CC1. The van der Waals surface area contributed by atoms with Gasteiger partial charge in [0.1, 0.15) is 0 Å². The summed E-state index contributed by atoms with van der Waals surface area (Å²) in [5, 5.41) is 17.3. The number of pyridine rings is 1. The molecule has 0 unspecified atom stereocenters. The van der Waals surface area contributed by atoms with E-state index in [1.54, 1.807) is 0 Å². The van der Waals surface area contributed by atoms with Crippen LogP contribution in [0.15, 0.2) is 24.5 Å². The highest BCUT2D eigenvalue weighted by Gasteiger charge is 2.21. The van der Waals surface area contributed by atoms with Crippen molar-refractivity contribution in [3.63, 3.8) is 0 Å². The first-order valence-corrected chi connectivity index (χ1v) is 8.77. The molecule has 0 radical (unpaired) electrons. The summed E-state index contributed by atoms with van der Waals surface area (Å²) < 4.78 is 1.87. The monoisotopic (exact) mass is 329 g/mol. The quantitative estimate of drug-likeness (QED) is 0.850. The summed E-state index contributed by atoms with van der Waals surface area (Å²) in [4.78, 5) is 6.91. The first-order chi connectivity index (χ1) is 11.7. The maximum Gasteiger partial charge on any atom is 0.151 e. The molecule has 0 spiro atoms. The largest absolute Gasteiger partial charge is 0.396 e. The lowest BCUT2D eigenvalue weighted by Gasteiger charge is -2.33. The molecule has 130 valence electrons. The maximum atomic E-state index is 9.31. The van der Waals surface area contributed by atoms with Crippen LogP contribution in [0.1, 0.15) is 31.0 Å². The highest BCUT2D eigenvalue weighted by atomic mass is 16.3. The van der Waals surface area contributed by atoms with E-state index in [2.05, 4.69) is 39.5 Å². The number of hydrogen-bond donors (Lipinski definition) is 2. The van der Waals surface area contributed by atoms with E-state index in [0.717, 1.165) is 56.1 Å². The Labute approximate surface area is 143 Å². The number of aliphatic hydroxyl groups excluding tert-OH is 1. The van der Waals surface area contributed by atoms with E-state index in [9.17, 15) is 5.11 Å². The van der Waals surface area contributed by atoms with Crippen LogP contribution in [0.3, 0.4) is 0 Å². The van der Waals surface area contributed by atoms with Crippen LogP contribution in [-0.4, -0.2) is 39.6 Å². The van der Waals surface area contributed by atoms with Gasteiger partial charge in [-0.1, -0.05) is 6.92 Å². The number of aliphatic hydroxyl groups is 1. The van der Waals surface area contributed by atoms with E-state index in [-0.39, 0.29) is 0 Å². The molecule has 2 aromatic heterocycles. The maximum absolute atomic E-state index is 9.31. The molecular weight excluding hydrogens is 302 g/mol. The fourth-order valence-electron chi connectivity index (χ4n) is 3.33. The highest BCUT2D eigenvalue weighted by Crippen LogP contribution is 2.28. The van der Waals surface area contributed by atoms with Crippen LogP contribution in [-0.2, 0) is 20.0 Å². The second-order valence-electron chi connectivity index (χ2n) is 6.47. The Morgan fingerprint density at radius 2 is 2.12 bits per heavy atom. The summed E-state index contributed by atoms with van der Waals surface area (Å²) in [6.07, 6.45) is 6.91. The smallest absolute Gasteiger partial charge is 0.151 e. The fraction of sp³-hybridized carbons (Fsp3) is 0.556. The third-order valence-corrected chi connectivity index (χ3v) is 4.75. The van der Waals surface area contributed by atoms with Crippen LogP contribution in [0, 0.1) is 5.92 Å². The zero-order valence-electron chi connectivity index (χ0n) is 14.6. The van der Waals surface area contributed by atoms with Crippen LogP contribution >= 0.6 is 0 Å². The predicted molar refractivity (Wildman–Crippen MR) is 96.2 cm³/mol. The molecule has 0 atom stereocenters. The summed E-state index contributed by atoms with van der Waals surface area (Å²) in [7, 11) is 1.96. The van der Waals surface area contributed by atoms with Gasteiger partial charge < -0.3 is 15.3 Å². The Hall–Kier alpha value is -2.08. The van der Waals surface area contributed by atoms with Gasteiger partial charge in [0.15, 0.2) is 5.82 Å². The van der Waals surface area contributed by atoms with Gasteiger partial charge >= 0.3 is 0 Å². The average Bonchev–Trinajstić information content (AvgIpc) is 3.00. The lowest BCUT2D eigenvalue weighted by Crippen LogP contribution is -2.35. The van der Waals surface area contributed by atoms with Crippen molar-refractivity contribution in [2.75, 3.05) is 29.9 Å². The number of hydrogen-bond acceptors (Lipinski definition) is 5. The fourth-order valence-corrected chi connectivity index (χ4v) is 3.33. The zero-order chi connectivity index (χ0) is 16.9. The van der Waals surface area contributed by atoms with Crippen molar-refractivity contribution in [3.8, 4) is 0 Å². The molecule has 1 saturated heterocycles. The van der Waals surface area contributed by atoms with Crippen LogP contribution in [0.2, 0.25) is 0 Å². The lowest BCUT2D eigenvalue weighted by molar-refractivity contribution is 0.203. The van der Waals surface area contributed by atoms with Gasteiger partial charge in [-0.15, -0.1) is 0 Å². The number of rotatable bonds is 6. The molecule has 24 heavy (non-hydrogen) atoms. The first kappa shape index (κ1) is 16.8. The average molecular weight is 329 g/mol. The van der Waals surface area contributed by atoms with Crippen molar-refractivity contribution in [1.82, 2.24) is 14.8 Å².